The largest absolute Gasteiger partial charge is 0.366 e. The lowest BCUT2D eigenvalue weighted by Gasteiger charge is -2.35. The number of hydrogen-bond donors (Lipinski definition) is 0. The average Bonchev–Trinajstić information content (AvgIpc) is 2.34. The Morgan fingerprint density at radius 3 is 2.41 bits per heavy atom. The summed E-state index contributed by atoms with van der Waals surface area (Å²) in [5, 5.41) is 0. The summed E-state index contributed by atoms with van der Waals surface area (Å²) < 4.78 is 27.6. The van der Waals surface area contributed by atoms with E-state index in [1.165, 1.54) is 0 Å². The van der Waals surface area contributed by atoms with Crippen molar-refractivity contribution < 1.29 is 8.78 Å². The number of nitrogens with zero attached hydrogens (tertiary/aromatic N) is 2. The van der Waals surface area contributed by atoms with Crippen LogP contribution in [0, 0.1) is 11.6 Å². The Labute approximate surface area is 108 Å². The van der Waals surface area contributed by atoms with E-state index in [1.54, 1.807) is 6.07 Å². The van der Waals surface area contributed by atoms with Gasteiger partial charge < -0.3 is 9.80 Å². The summed E-state index contributed by atoms with van der Waals surface area (Å²) in [5.41, 5.74) is 0.354. The van der Waals surface area contributed by atoms with E-state index in [2.05, 4.69) is 27.8 Å². The quantitative estimate of drug-likeness (QED) is 0.775. The average molecular weight is 305 g/mol. The zero-order valence-electron chi connectivity index (χ0n) is 9.72. The van der Waals surface area contributed by atoms with Crippen LogP contribution >= 0.6 is 15.9 Å². The normalized spacial score (nSPS) is 17.5. The first-order chi connectivity index (χ1) is 8.11. The lowest BCUT2D eigenvalue weighted by Crippen LogP contribution is -2.46. The Morgan fingerprint density at radius 2 is 1.82 bits per heavy atom. The zero-order valence-corrected chi connectivity index (χ0v) is 11.3. The molecule has 1 aromatic rings. The molecular formula is C12H15BrF2N2. The first-order valence-corrected chi connectivity index (χ1v) is 6.53. The van der Waals surface area contributed by atoms with Crippen LogP contribution in [0.2, 0.25) is 0 Å². The maximum absolute atomic E-state index is 13.7. The van der Waals surface area contributed by atoms with E-state index < -0.39 is 11.6 Å². The molecule has 2 nitrogen and oxygen atoms in total. The summed E-state index contributed by atoms with van der Waals surface area (Å²) in [6.07, 6.45) is 0. The molecule has 1 heterocycles. The summed E-state index contributed by atoms with van der Waals surface area (Å²) in [6, 6.07) is 2.79. The molecule has 1 aromatic carbocycles. The Morgan fingerprint density at radius 1 is 1.18 bits per heavy atom. The minimum absolute atomic E-state index is 0.354. The Bertz CT molecular complexity index is 404. The van der Waals surface area contributed by atoms with Crippen molar-refractivity contribution >= 4 is 21.6 Å². The molecule has 0 aliphatic carbocycles. The van der Waals surface area contributed by atoms with Crippen molar-refractivity contribution in [1.29, 1.82) is 0 Å². The van der Waals surface area contributed by atoms with E-state index in [1.807, 2.05) is 4.90 Å². The summed E-state index contributed by atoms with van der Waals surface area (Å²) in [6.45, 7) is 6.37. The lowest BCUT2D eigenvalue weighted by atomic mass is 10.2. The molecule has 0 aromatic heterocycles. The minimum Gasteiger partial charge on any atom is -0.366 e. The number of benzene rings is 1. The molecule has 17 heavy (non-hydrogen) atoms. The molecule has 0 radical (unpaired) electrons. The fourth-order valence-corrected chi connectivity index (χ4v) is 2.50. The molecule has 0 atom stereocenters. The van der Waals surface area contributed by atoms with E-state index in [4.69, 9.17) is 0 Å². The lowest BCUT2D eigenvalue weighted by molar-refractivity contribution is 0.270. The molecule has 0 N–H and O–H groups in total. The van der Waals surface area contributed by atoms with Crippen LogP contribution in [0.15, 0.2) is 16.6 Å². The van der Waals surface area contributed by atoms with Crippen molar-refractivity contribution in [2.24, 2.45) is 0 Å². The molecule has 94 valence electrons. The van der Waals surface area contributed by atoms with Crippen LogP contribution in [-0.4, -0.2) is 37.6 Å². The van der Waals surface area contributed by atoms with Gasteiger partial charge in [-0.1, -0.05) is 22.9 Å². The van der Waals surface area contributed by atoms with Crippen molar-refractivity contribution in [3.05, 3.63) is 28.2 Å². The molecule has 0 saturated carbocycles. The van der Waals surface area contributed by atoms with Gasteiger partial charge in [-0.25, -0.2) is 8.78 Å². The van der Waals surface area contributed by atoms with E-state index in [-0.39, 0.29) is 0 Å². The van der Waals surface area contributed by atoms with Gasteiger partial charge in [0, 0.05) is 30.7 Å². The number of likely N-dealkylation sites (N-methyl/N-ethyl adjacent to an activating group) is 1. The van der Waals surface area contributed by atoms with Crippen LogP contribution in [0.5, 0.6) is 0 Å². The molecule has 2 rings (SSSR count). The third-order valence-electron chi connectivity index (χ3n) is 3.13. The topological polar surface area (TPSA) is 6.48 Å². The van der Waals surface area contributed by atoms with Gasteiger partial charge in [0.05, 0.1) is 5.69 Å². The highest BCUT2D eigenvalue weighted by Crippen LogP contribution is 2.27. The van der Waals surface area contributed by atoms with Crippen molar-refractivity contribution in [2.45, 2.75) is 6.92 Å². The minimum atomic E-state index is -0.799. The highest BCUT2D eigenvalue weighted by atomic mass is 79.9. The smallest absolute Gasteiger partial charge is 0.182 e. The van der Waals surface area contributed by atoms with Gasteiger partial charge in [-0.05, 0) is 18.7 Å². The SMILES string of the molecule is CCN1CCN(c2cc(Br)cc(F)c2F)CC1. The van der Waals surface area contributed by atoms with Gasteiger partial charge >= 0.3 is 0 Å². The summed E-state index contributed by atoms with van der Waals surface area (Å²) in [4.78, 5) is 4.19. The number of rotatable bonds is 2. The maximum atomic E-state index is 13.7. The Hall–Kier alpha value is -0.680. The van der Waals surface area contributed by atoms with Gasteiger partial charge in [0.1, 0.15) is 0 Å². The number of piperazine rings is 1. The van der Waals surface area contributed by atoms with Gasteiger partial charge in [0.25, 0.3) is 0 Å². The van der Waals surface area contributed by atoms with Crippen LogP contribution in [-0.2, 0) is 0 Å². The van der Waals surface area contributed by atoms with E-state index >= 15 is 0 Å². The first-order valence-electron chi connectivity index (χ1n) is 5.73. The van der Waals surface area contributed by atoms with E-state index in [0.717, 1.165) is 38.8 Å². The van der Waals surface area contributed by atoms with Gasteiger partial charge in [0.2, 0.25) is 0 Å². The van der Waals surface area contributed by atoms with Gasteiger partial charge in [-0.15, -0.1) is 0 Å². The van der Waals surface area contributed by atoms with Crippen molar-refractivity contribution in [3.63, 3.8) is 0 Å². The second-order valence-electron chi connectivity index (χ2n) is 4.14. The summed E-state index contributed by atoms with van der Waals surface area (Å²) >= 11 is 3.20. The highest BCUT2D eigenvalue weighted by Gasteiger charge is 2.20. The maximum Gasteiger partial charge on any atom is 0.182 e. The third-order valence-corrected chi connectivity index (χ3v) is 3.59. The number of anilines is 1. The number of halogens is 3. The molecule has 0 amide bonds. The van der Waals surface area contributed by atoms with E-state index in [0.29, 0.717) is 10.2 Å². The molecule has 5 heteroatoms. The van der Waals surface area contributed by atoms with Crippen LogP contribution in [0.4, 0.5) is 14.5 Å². The summed E-state index contributed by atoms with van der Waals surface area (Å²) in [7, 11) is 0. The van der Waals surface area contributed by atoms with Crippen LogP contribution < -0.4 is 4.90 Å². The second-order valence-corrected chi connectivity index (χ2v) is 5.06. The first kappa shape index (κ1) is 12.8. The Kier molecular flexibility index (Phi) is 3.99. The molecule has 1 saturated heterocycles. The summed E-state index contributed by atoms with van der Waals surface area (Å²) in [5.74, 6) is -1.55. The van der Waals surface area contributed by atoms with Crippen molar-refractivity contribution in [1.82, 2.24) is 4.90 Å². The fourth-order valence-electron chi connectivity index (χ4n) is 2.08. The standard InChI is InChI=1S/C12H15BrF2N2/c1-2-16-3-5-17(6-4-16)11-8-9(13)7-10(14)12(11)15/h7-8H,2-6H2,1H3. The predicted molar refractivity (Wildman–Crippen MR) is 68.4 cm³/mol. The van der Waals surface area contributed by atoms with Gasteiger partial charge in [-0.3, -0.25) is 0 Å². The molecule has 1 aliphatic rings. The fraction of sp³-hybridized carbons (Fsp3) is 0.500. The monoisotopic (exact) mass is 304 g/mol. The van der Waals surface area contributed by atoms with Crippen molar-refractivity contribution in [3.8, 4) is 0 Å². The van der Waals surface area contributed by atoms with Gasteiger partial charge in [-0.2, -0.15) is 0 Å². The van der Waals surface area contributed by atoms with Crippen LogP contribution in [0.3, 0.4) is 0 Å². The van der Waals surface area contributed by atoms with Gasteiger partial charge in [0.15, 0.2) is 11.6 Å². The zero-order chi connectivity index (χ0) is 12.4. The van der Waals surface area contributed by atoms with E-state index in [9.17, 15) is 8.78 Å². The molecule has 0 unspecified atom stereocenters. The second kappa shape index (κ2) is 5.31. The molecule has 0 bridgehead atoms. The van der Waals surface area contributed by atoms with Crippen molar-refractivity contribution in [2.75, 3.05) is 37.6 Å². The Balaban J connectivity index is 2.18. The van der Waals surface area contributed by atoms with Crippen LogP contribution in [0.1, 0.15) is 6.92 Å². The highest BCUT2D eigenvalue weighted by molar-refractivity contribution is 9.10. The molecular weight excluding hydrogens is 290 g/mol. The van der Waals surface area contributed by atoms with Crippen LogP contribution in [0.25, 0.3) is 0 Å². The molecule has 0 spiro atoms. The molecule has 1 fully saturated rings. The third kappa shape index (κ3) is 2.77. The predicted octanol–water partition coefficient (Wildman–Crippen LogP) is 2.87. The number of hydrogen-bond acceptors (Lipinski definition) is 2. The molecule has 1 aliphatic heterocycles.